The molecule has 0 aliphatic rings. The van der Waals surface area contributed by atoms with Crippen molar-refractivity contribution in [3.05, 3.63) is 28.8 Å². The van der Waals surface area contributed by atoms with Crippen LogP contribution in [0.3, 0.4) is 0 Å². The first-order valence-electron chi connectivity index (χ1n) is 4.88. The first kappa shape index (κ1) is 11.0. The number of aliphatic hydroxyl groups excluding tert-OH is 1. The summed E-state index contributed by atoms with van der Waals surface area (Å²) in [4.78, 5) is 2.91. The third kappa shape index (κ3) is 1.68. The van der Waals surface area contributed by atoms with Gasteiger partial charge in [-0.3, -0.25) is 0 Å². The van der Waals surface area contributed by atoms with Crippen LogP contribution < -0.4 is 0 Å². The third-order valence-electron chi connectivity index (χ3n) is 2.56. The largest absolute Gasteiger partial charge is 0.390 e. The second kappa shape index (κ2) is 4.18. The van der Waals surface area contributed by atoms with Crippen molar-refractivity contribution in [2.75, 3.05) is 0 Å². The molecule has 0 spiro atoms. The Kier molecular flexibility index (Phi) is 2.88. The van der Waals surface area contributed by atoms with Crippen molar-refractivity contribution in [3.8, 4) is 0 Å². The number of aliphatic hydroxyl groups is 1. The smallest absolute Gasteiger partial charge is 0.178 e. The Hall–Kier alpha value is -1.47. The zero-order valence-corrected chi connectivity index (χ0v) is 9.90. The number of nitrogens with one attached hydrogen (secondary N) is 1. The van der Waals surface area contributed by atoms with Gasteiger partial charge in [0.25, 0.3) is 0 Å². The summed E-state index contributed by atoms with van der Waals surface area (Å²) in [6, 6.07) is -0.0617. The fourth-order valence-electron chi connectivity index (χ4n) is 1.75. The van der Waals surface area contributed by atoms with E-state index in [1.54, 1.807) is 12.5 Å². The van der Waals surface area contributed by atoms with Crippen LogP contribution in [0.15, 0.2) is 12.5 Å². The Balaban J connectivity index is 2.49. The molecular weight excluding hydrogens is 226 g/mol. The lowest BCUT2D eigenvalue weighted by atomic mass is 10.3. The highest BCUT2D eigenvalue weighted by Crippen LogP contribution is 2.17. The molecule has 0 saturated carbocycles. The molecule has 2 aromatic rings. The van der Waals surface area contributed by atoms with E-state index < -0.39 is 0 Å². The maximum atomic E-state index is 9.22. The van der Waals surface area contributed by atoms with Gasteiger partial charge < -0.3 is 19.2 Å². The van der Waals surface area contributed by atoms with Gasteiger partial charge >= 0.3 is 0 Å². The van der Waals surface area contributed by atoms with Gasteiger partial charge in [0, 0.05) is 13.2 Å². The number of H-pyrrole nitrogens is 1. The molecule has 0 radical (unpaired) electrons. The molecular formula is C9H13N5OS. The number of imidazole rings is 1. The summed E-state index contributed by atoms with van der Waals surface area (Å²) in [5.41, 5.74) is 0.737. The van der Waals surface area contributed by atoms with Crippen LogP contribution in [0.5, 0.6) is 0 Å². The van der Waals surface area contributed by atoms with Gasteiger partial charge in [-0.15, -0.1) is 10.2 Å². The molecule has 0 bridgehead atoms. The Morgan fingerprint density at radius 2 is 2.38 bits per heavy atom. The van der Waals surface area contributed by atoms with Crippen LogP contribution in [0.25, 0.3) is 0 Å². The van der Waals surface area contributed by atoms with Crippen molar-refractivity contribution in [3.63, 3.8) is 0 Å². The van der Waals surface area contributed by atoms with E-state index in [1.165, 1.54) is 0 Å². The predicted octanol–water partition coefficient (Wildman–Crippen LogP) is 0.776. The molecule has 2 N–H and O–H groups in total. The van der Waals surface area contributed by atoms with E-state index in [4.69, 9.17) is 12.2 Å². The minimum atomic E-state index is -0.0617. The second-order valence-electron chi connectivity index (χ2n) is 3.59. The predicted molar refractivity (Wildman–Crippen MR) is 60.4 cm³/mol. The molecule has 0 aromatic carbocycles. The summed E-state index contributed by atoms with van der Waals surface area (Å²) in [6.45, 7) is 1.90. The van der Waals surface area contributed by atoms with Crippen molar-refractivity contribution in [2.24, 2.45) is 7.05 Å². The van der Waals surface area contributed by atoms with Gasteiger partial charge in [-0.2, -0.15) is 0 Å². The van der Waals surface area contributed by atoms with Gasteiger partial charge in [0.2, 0.25) is 0 Å². The molecule has 2 aromatic heterocycles. The zero-order valence-electron chi connectivity index (χ0n) is 9.08. The molecule has 16 heavy (non-hydrogen) atoms. The average Bonchev–Trinajstić information content (AvgIpc) is 2.83. The number of aromatic nitrogens is 5. The highest BCUT2D eigenvalue weighted by molar-refractivity contribution is 7.71. The fourth-order valence-corrected chi connectivity index (χ4v) is 2.08. The lowest BCUT2D eigenvalue weighted by Gasteiger charge is -2.14. The molecule has 0 aliphatic heterocycles. The molecule has 0 fully saturated rings. The lowest BCUT2D eigenvalue weighted by molar-refractivity contribution is 0.268. The summed E-state index contributed by atoms with van der Waals surface area (Å²) < 4.78 is 4.24. The Morgan fingerprint density at radius 1 is 1.62 bits per heavy atom. The van der Waals surface area contributed by atoms with E-state index in [0.717, 1.165) is 11.5 Å². The van der Waals surface area contributed by atoms with Gasteiger partial charge in [-0.25, -0.2) is 0 Å². The van der Waals surface area contributed by atoms with E-state index in [0.29, 0.717) is 4.77 Å². The second-order valence-corrected chi connectivity index (χ2v) is 3.98. The first-order valence-corrected chi connectivity index (χ1v) is 5.29. The number of aromatic amines is 1. The Labute approximate surface area is 97.6 Å². The van der Waals surface area contributed by atoms with E-state index in [2.05, 4.69) is 15.2 Å². The zero-order chi connectivity index (χ0) is 11.7. The number of hydrogen-bond acceptors (Lipinski definition) is 4. The first-order chi connectivity index (χ1) is 7.65. The number of nitrogens with zero attached hydrogens (tertiary/aromatic N) is 4. The highest BCUT2D eigenvalue weighted by Gasteiger charge is 2.16. The molecule has 1 atom stereocenters. The summed E-state index contributed by atoms with van der Waals surface area (Å²) in [5, 5.41) is 17.1. The quantitative estimate of drug-likeness (QED) is 0.776. The summed E-state index contributed by atoms with van der Waals surface area (Å²) in [5.74, 6) is 0.797. The van der Waals surface area contributed by atoms with Crippen LogP contribution >= 0.6 is 12.2 Å². The molecule has 0 amide bonds. The molecule has 2 heterocycles. The Morgan fingerprint density at radius 3 is 2.94 bits per heavy atom. The Bertz CT molecular complexity index is 540. The highest BCUT2D eigenvalue weighted by atomic mass is 32.1. The molecule has 7 heteroatoms. The number of aryl methyl sites for hydroxylation is 1. The van der Waals surface area contributed by atoms with Crippen LogP contribution in [0, 0.1) is 4.77 Å². The minimum absolute atomic E-state index is 0.0602. The van der Waals surface area contributed by atoms with Crippen molar-refractivity contribution in [2.45, 2.75) is 19.6 Å². The molecule has 6 nitrogen and oxygen atoms in total. The molecule has 1 unspecified atom stereocenters. The normalized spacial score (nSPS) is 12.9. The van der Waals surface area contributed by atoms with Gasteiger partial charge in [0.15, 0.2) is 10.6 Å². The van der Waals surface area contributed by atoms with Crippen LogP contribution in [0.4, 0.5) is 0 Å². The standard InChI is InChI=1S/C9H13N5OS/c1-6(8-12-11-5-13(8)2)14-7(4-15)3-10-9(14)16/h3,5-6,15H,4H2,1-2H3,(H,10,16). The third-order valence-corrected chi connectivity index (χ3v) is 2.87. The average molecular weight is 239 g/mol. The number of hydrogen-bond donors (Lipinski definition) is 2. The van der Waals surface area contributed by atoms with Gasteiger partial charge in [-0.05, 0) is 19.1 Å². The topological polar surface area (TPSA) is 71.7 Å². The monoisotopic (exact) mass is 239 g/mol. The number of rotatable bonds is 3. The maximum absolute atomic E-state index is 9.22. The van der Waals surface area contributed by atoms with Gasteiger partial charge in [-0.1, -0.05) is 0 Å². The minimum Gasteiger partial charge on any atom is -0.390 e. The summed E-state index contributed by atoms with van der Waals surface area (Å²) in [6.07, 6.45) is 3.34. The van der Waals surface area contributed by atoms with E-state index in [9.17, 15) is 5.11 Å². The van der Waals surface area contributed by atoms with Crippen molar-refractivity contribution >= 4 is 12.2 Å². The van der Waals surface area contributed by atoms with E-state index in [1.807, 2.05) is 23.1 Å². The summed E-state index contributed by atoms with van der Waals surface area (Å²) >= 11 is 5.17. The van der Waals surface area contributed by atoms with Crippen molar-refractivity contribution in [1.82, 2.24) is 24.3 Å². The molecule has 0 saturated heterocycles. The molecule has 2 rings (SSSR count). The van der Waals surface area contributed by atoms with Gasteiger partial charge in [0.05, 0.1) is 18.3 Å². The van der Waals surface area contributed by atoms with E-state index in [-0.39, 0.29) is 12.6 Å². The maximum Gasteiger partial charge on any atom is 0.178 e. The van der Waals surface area contributed by atoms with Crippen molar-refractivity contribution < 1.29 is 5.11 Å². The summed E-state index contributed by atoms with van der Waals surface area (Å²) in [7, 11) is 1.88. The SMILES string of the molecule is CC(c1nncn1C)n1c(CO)c[nH]c1=S. The molecule has 86 valence electrons. The van der Waals surface area contributed by atoms with Gasteiger partial charge in [0.1, 0.15) is 6.33 Å². The molecule has 0 aliphatic carbocycles. The van der Waals surface area contributed by atoms with Crippen LogP contribution in [0.1, 0.15) is 24.5 Å². The van der Waals surface area contributed by atoms with Crippen molar-refractivity contribution in [1.29, 1.82) is 0 Å². The van der Waals surface area contributed by atoms with Crippen LogP contribution in [-0.2, 0) is 13.7 Å². The van der Waals surface area contributed by atoms with Crippen LogP contribution in [-0.4, -0.2) is 29.4 Å². The van der Waals surface area contributed by atoms with E-state index >= 15 is 0 Å². The van der Waals surface area contributed by atoms with Crippen LogP contribution in [0.2, 0.25) is 0 Å². The lowest BCUT2D eigenvalue weighted by Crippen LogP contribution is -2.14. The fraction of sp³-hybridized carbons (Fsp3) is 0.444.